The van der Waals surface area contributed by atoms with Crippen LogP contribution in [0.5, 0.6) is 0 Å². The largest absolute Gasteiger partial charge is 0.361 e. The molecule has 0 radical (unpaired) electrons. The van der Waals surface area contributed by atoms with Crippen molar-refractivity contribution in [1.82, 2.24) is 15.0 Å². The van der Waals surface area contributed by atoms with Gasteiger partial charge in [-0.05, 0) is 42.8 Å². The zero-order valence-electron chi connectivity index (χ0n) is 11.3. The molecule has 0 aliphatic rings. The van der Waals surface area contributed by atoms with Crippen molar-refractivity contribution in [2.45, 2.75) is 26.8 Å². The van der Waals surface area contributed by atoms with Crippen molar-refractivity contribution in [3.05, 3.63) is 39.4 Å². The van der Waals surface area contributed by atoms with Crippen LogP contribution in [0, 0.1) is 13.8 Å². The van der Waals surface area contributed by atoms with E-state index >= 15 is 0 Å². The van der Waals surface area contributed by atoms with Crippen molar-refractivity contribution in [2.75, 3.05) is 0 Å². The molecule has 102 valence electrons. The van der Waals surface area contributed by atoms with Gasteiger partial charge in [0.15, 0.2) is 0 Å². The van der Waals surface area contributed by atoms with E-state index in [9.17, 15) is 4.79 Å². The Bertz CT molecular complexity index is 596. The number of halogens is 1. The lowest BCUT2D eigenvalue weighted by atomic mass is 10.1. The van der Waals surface area contributed by atoms with Gasteiger partial charge in [-0.1, -0.05) is 5.16 Å². The lowest BCUT2D eigenvalue weighted by molar-refractivity contribution is 0.0931. The highest BCUT2D eigenvalue weighted by Crippen LogP contribution is 2.21. The Balaban J connectivity index is 2.18. The predicted molar refractivity (Wildman–Crippen MR) is 75.0 cm³/mol. The van der Waals surface area contributed by atoms with Gasteiger partial charge < -0.3 is 14.4 Å². The monoisotopic (exact) mass is 325 g/mol. The maximum Gasteiger partial charge on any atom is 0.268 e. The third-order valence-electron chi connectivity index (χ3n) is 3.07. The Labute approximate surface area is 120 Å². The van der Waals surface area contributed by atoms with Gasteiger partial charge in [-0.15, -0.1) is 0 Å². The number of aromatic nitrogens is 2. The predicted octanol–water partition coefficient (Wildman–Crippen LogP) is 2.88. The molecule has 6 heteroatoms. The first kappa shape index (κ1) is 13.9. The lowest BCUT2D eigenvalue weighted by Gasteiger charge is -2.14. The summed E-state index contributed by atoms with van der Waals surface area (Å²) >= 11 is 3.35. The van der Waals surface area contributed by atoms with Gasteiger partial charge in [-0.25, -0.2) is 0 Å². The van der Waals surface area contributed by atoms with Gasteiger partial charge in [-0.3, -0.25) is 4.79 Å². The molecule has 1 amide bonds. The first-order valence-electron chi connectivity index (χ1n) is 5.95. The molecular formula is C13H16BrN3O2. The number of nitrogens with zero attached hydrogens (tertiary/aromatic N) is 2. The molecule has 0 saturated carbocycles. The fourth-order valence-electron chi connectivity index (χ4n) is 2.20. The highest BCUT2D eigenvalue weighted by molar-refractivity contribution is 9.10. The van der Waals surface area contributed by atoms with Crippen molar-refractivity contribution in [1.29, 1.82) is 0 Å². The average molecular weight is 326 g/mol. The topological polar surface area (TPSA) is 60.1 Å². The van der Waals surface area contributed by atoms with Crippen molar-refractivity contribution in [3.8, 4) is 0 Å². The van der Waals surface area contributed by atoms with Crippen molar-refractivity contribution in [2.24, 2.45) is 7.05 Å². The van der Waals surface area contributed by atoms with Gasteiger partial charge in [0.1, 0.15) is 11.5 Å². The minimum absolute atomic E-state index is 0.124. The molecule has 0 bridgehead atoms. The standard InChI is InChI=1S/C13H16BrN3O2/c1-7(12-8(2)16-19-9(12)3)15-13(18)11-5-10(14)6-17(11)4/h5-7H,1-4H3,(H,15,18). The molecule has 1 N–H and O–H groups in total. The molecule has 0 saturated heterocycles. The van der Waals surface area contributed by atoms with E-state index in [0.29, 0.717) is 5.69 Å². The van der Waals surface area contributed by atoms with E-state index in [0.717, 1.165) is 21.5 Å². The number of nitrogens with one attached hydrogen (secondary N) is 1. The Kier molecular flexibility index (Phi) is 3.80. The van der Waals surface area contributed by atoms with Crippen LogP contribution >= 0.6 is 15.9 Å². The van der Waals surface area contributed by atoms with Crippen LogP contribution in [0.15, 0.2) is 21.3 Å². The zero-order chi connectivity index (χ0) is 14.2. The maximum atomic E-state index is 12.2. The Morgan fingerprint density at radius 2 is 2.21 bits per heavy atom. The number of rotatable bonds is 3. The summed E-state index contributed by atoms with van der Waals surface area (Å²) in [6.45, 7) is 5.63. The van der Waals surface area contributed by atoms with Gasteiger partial charge in [0.25, 0.3) is 5.91 Å². The third-order valence-corrected chi connectivity index (χ3v) is 3.51. The summed E-state index contributed by atoms with van der Waals surface area (Å²) in [6.07, 6.45) is 1.84. The second-order valence-corrected chi connectivity index (χ2v) is 5.50. The number of carbonyl (C=O) groups excluding carboxylic acids is 1. The lowest BCUT2D eigenvalue weighted by Crippen LogP contribution is -2.28. The Morgan fingerprint density at radius 3 is 2.68 bits per heavy atom. The number of hydrogen-bond acceptors (Lipinski definition) is 3. The fourth-order valence-corrected chi connectivity index (χ4v) is 2.72. The molecule has 2 rings (SSSR count). The molecule has 19 heavy (non-hydrogen) atoms. The molecule has 1 unspecified atom stereocenters. The second kappa shape index (κ2) is 5.21. The van der Waals surface area contributed by atoms with Gasteiger partial charge in [0, 0.05) is 23.3 Å². The number of carbonyl (C=O) groups is 1. The summed E-state index contributed by atoms with van der Waals surface area (Å²) in [5.74, 6) is 0.610. The number of hydrogen-bond donors (Lipinski definition) is 1. The fraction of sp³-hybridized carbons (Fsp3) is 0.385. The van der Waals surface area contributed by atoms with Crippen molar-refractivity contribution >= 4 is 21.8 Å². The van der Waals surface area contributed by atoms with Gasteiger partial charge >= 0.3 is 0 Å². The van der Waals surface area contributed by atoms with Crippen LogP contribution in [0.1, 0.15) is 40.5 Å². The van der Waals surface area contributed by atoms with Crippen LogP contribution in [0.25, 0.3) is 0 Å². The van der Waals surface area contributed by atoms with Crippen LogP contribution in [0.3, 0.4) is 0 Å². The molecule has 0 aliphatic carbocycles. The average Bonchev–Trinajstić information content (AvgIpc) is 2.81. The quantitative estimate of drug-likeness (QED) is 0.943. The smallest absolute Gasteiger partial charge is 0.268 e. The van der Waals surface area contributed by atoms with E-state index in [4.69, 9.17) is 4.52 Å². The Hall–Kier alpha value is -1.56. The van der Waals surface area contributed by atoms with Crippen LogP contribution in [0.2, 0.25) is 0 Å². The van der Waals surface area contributed by atoms with Crippen molar-refractivity contribution in [3.63, 3.8) is 0 Å². The summed E-state index contributed by atoms with van der Waals surface area (Å²) < 4.78 is 7.77. The molecule has 0 aromatic carbocycles. The molecule has 0 aliphatic heterocycles. The molecule has 2 heterocycles. The minimum Gasteiger partial charge on any atom is -0.361 e. The molecule has 1 atom stereocenters. The molecule has 0 fully saturated rings. The van der Waals surface area contributed by atoms with Crippen LogP contribution in [0.4, 0.5) is 0 Å². The van der Waals surface area contributed by atoms with Crippen molar-refractivity contribution < 1.29 is 9.32 Å². The first-order chi connectivity index (χ1) is 8.90. The Morgan fingerprint density at radius 1 is 1.53 bits per heavy atom. The molecule has 0 spiro atoms. The normalized spacial score (nSPS) is 12.5. The van der Waals surface area contributed by atoms with Gasteiger partial charge in [0.05, 0.1) is 11.7 Å². The van der Waals surface area contributed by atoms with E-state index in [-0.39, 0.29) is 11.9 Å². The molecule has 5 nitrogen and oxygen atoms in total. The maximum absolute atomic E-state index is 12.2. The SMILES string of the molecule is Cc1noc(C)c1C(C)NC(=O)c1cc(Br)cn1C. The first-order valence-corrected chi connectivity index (χ1v) is 6.75. The zero-order valence-corrected chi connectivity index (χ0v) is 12.9. The van der Waals surface area contributed by atoms with Gasteiger partial charge in [-0.2, -0.15) is 0 Å². The highest BCUT2D eigenvalue weighted by Gasteiger charge is 2.20. The van der Waals surface area contributed by atoms with E-state index in [2.05, 4.69) is 26.4 Å². The summed E-state index contributed by atoms with van der Waals surface area (Å²) in [6, 6.07) is 1.64. The number of aryl methyl sites for hydroxylation is 3. The van der Waals surface area contributed by atoms with E-state index < -0.39 is 0 Å². The van der Waals surface area contributed by atoms with E-state index in [1.807, 2.05) is 34.0 Å². The van der Waals surface area contributed by atoms with Crippen LogP contribution < -0.4 is 5.32 Å². The molecule has 2 aromatic heterocycles. The van der Waals surface area contributed by atoms with Gasteiger partial charge in [0.2, 0.25) is 0 Å². The highest BCUT2D eigenvalue weighted by atomic mass is 79.9. The molecule has 2 aromatic rings. The molecular weight excluding hydrogens is 310 g/mol. The summed E-state index contributed by atoms with van der Waals surface area (Å²) in [7, 11) is 1.83. The van der Waals surface area contributed by atoms with Crippen LogP contribution in [-0.2, 0) is 7.05 Å². The van der Waals surface area contributed by atoms with E-state index in [1.54, 1.807) is 10.6 Å². The second-order valence-electron chi connectivity index (χ2n) is 4.59. The van der Waals surface area contributed by atoms with E-state index in [1.165, 1.54) is 0 Å². The summed E-state index contributed by atoms with van der Waals surface area (Å²) in [5.41, 5.74) is 2.34. The van der Waals surface area contributed by atoms with Crippen LogP contribution in [-0.4, -0.2) is 15.6 Å². The summed E-state index contributed by atoms with van der Waals surface area (Å²) in [4.78, 5) is 12.2. The third kappa shape index (κ3) is 2.73. The number of amides is 1. The minimum atomic E-state index is -0.146. The summed E-state index contributed by atoms with van der Waals surface area (Å²) in [5, 5.41) is 6.85.